The molecule has 1 saturated carbocycles. The molecular formula is C20H25ClN6S. The molecule has 28 heavy (non-hydrogen) atoms. The smallest absolute Gasteiger partial charge is 0.158 e. The largest absolute Gasteiger partial charge is 0.382 e. The molecule has 1 spiro atoms. The highest BCUT2D eigenvalue weighted by Gasteiger charge is 2.39. The summed E-state index contributed by atoms with van der Waals surface area (Å²) in [4.78, 5) is 16.5. The van der Waals surface area contributed by atoms with Crippen LogP contribution in [0.3, 0.4) is 0 Å². The standard InChI is InChI=1S/C20H25ClN6S/c1-12-3-5-20(11-12)6-9-27(10-7-20)18-13(2)25-19(17(23)26-18)28-14-4-8-24-16(22)15(14)21/h4,8H,1,3,5-7,9-11H2,2H3,(H2,22,24)(H2,23,26). The van der Waals surface area contributed by atoms with Gasteiger partial charge in [-0.3, -0.25) is 0 Å². The first kappa shape index (κ1) is 19.3. The number of halogens is 1. The minimum atomic E-state index is 0.295. The monoisotopic (exact) mass is 416 g/mol. The summed E-state index contributed by atoms with van der Waals surface area (Å²) in [6.07, 6.45) is 7.61. The number of aromatic nitrogens is 3. The molecule has 0 unspecified atom stereocenters. The number of nitrogen functional groups attached to an aromatic ring is 2. The van der Waals surface area contributed by atoms with Gasteiger partial charge in [0.1, 0.15) is 10.8 Å². The molecule has 4 N–H and O–H groups in total. The number of nitrogens with two attached hydrogens (primary N) is 2. The Labute approximate surface area is 174 Å². The van der Waals surface area contributed by atoms with Gasteiger partial charge in [0.2, 0.25) is 0 Å². The predicted octanol–water partition coefficient (Wildman–Crippen LogP) is 4.48. The summed E-state index contributed by atoms with van der Waals surface area (Å²) in [6, 6.07) is 1.80. The Morgan fingerprint density at radius 2 is 1.93 bits per heavy atom. The fourth-order valence-electron chi connectivity index (χ4n) is 4.27. The maximum atomic E-state index is 6.25. The molecule has 0 atom stereocenters. The normalized spacial score (nSPS) is 18.8. The molecule has 0 bridgehead atoms. The number of pyridine rings is 1. The van der Waals surface area contributed by atoms with Crippen LogP contribution in [-0.2, 0) is 0 Å². The topological polar surface area (TPSA) is 94.0 Å². The number of allylic oxidation sites excluding steroid dienone is 1. The van der Waals surface area contributed by atoms with Crippen molar-refractivity contribution in [2.75, 3.05) is 29.5 Å². The van der Waals surface area contributed by atoms with Gasteiger partial charge >= 0.3 is 0 Å². The van der Waals surface area contributed by atoms with E-state index < -0.39 is 0 Å². The highest BCUT2D eigenvalue weighted by molar-refractivity contribution is 7.99. The van der Waals surface area contributed by atoms with Crippen LogP contribution in [0.1, 0.15) is 37.8 Å². The lowest BCUT2D eigenvalue weighted by atomic mass is 9.77. The van der Waals surface area contributed by atoms with Crippen molar-refractivity contribution in [3.8, 4) is 0 Å². The minimum absolute atomic E-state index is 0.295. The molecular weight excluding hydrogens is 392 g/mol. The molecule has 2 fully saturated rings. The predicted molar refractivity (Wildman–Crippen MR) is 116 cm³/mol. The molecule has 4 rings (SSSR count). The molecule has 0 aromatic carbocycles. The van der Waals surface area contributed by atoms with E-state index in [1.807, 2.05) is 6.92 Å². The van der Waals surface area contributed by atoms with Crippen LogP contribution in [0, 0.1) is 12.3 Å². The first-order valence-corrected chi connectivity index (χ1v) is 10.7. The zero-order valence-electron chi connectivity index (χ0n) is 16.0. The Morgan fingerprint density at radius 3 is 2.61 bits per heavy atom. The van der Waals surface area contributed by atoms with Gasteiger partial charge in [-0.05, 0) is 50.5 Å². The van der Waals surface area contributed by atoms with Gasteiger partial charge in [-0.1, -0.05) is 35.5 Å². The molecule has 3 heterocycles. The van der Waals surface area contributed by atoms with Crippen molar-refractivity contribution in [2.24, 2.45) is 5.41 Å². The minimum Gasteiger partial charge on any atom is -0.382 e. The molecule has 148 valence electrons. The third-order valence-corrected chi connectivity index (χ3v) is 7.45. The Kier molecular flexibility index (Phi) is 5.14. The van der Waals surface area contributed by atoms with Gasteiger partial charge < -0.3 is 16.4 Å². The van der Waals surface area contributed by atoms with Crippen LogP contribution in [0.2, 0.25) is 5.02 Å². The van der Waals surface area contributed by atoms with Gasteiger partial charge in [-0.2, -0.15) is 0 Å². The van der Waals surface area contributed by atoms with Crippen LogP contribution in [0.15, 0.2) is 34.3 Å². The number of piperidine rings is 1. The highest BCUT2D eigenvalue weighted by atomic mass is 35.5. The van der Waals surface area contributed by atoms with E-state index in [1.54, 1.807) is 12.3 Å². The first-order chi connectivity index (χ1) is 13.4. The van der Waals surface area contributed by atoms with Gasteiger partial charge in [-0.25, -0.2) is 15.0 Å². The second-order valence-electron chi connectivity index (χ2n) is 7.85. The first-order valence-electron chi connectivity index (χ1n) is 9.50. The van der Waals surface area contributed by atoms with Gasteiger partial charge in [0.15, 0.2) is 11.6 Å². The lowest BCUT2D eigenvalue weighted by Crippen LogP contribution is -2.39. The molecule has 0 amide bonds. The van der Waals surface area contributed by atoms with Crippen LogP contribution in [0.5, 0.6) is 0 Å². The number of rotatable bonds is 3. The van der Waals surface area contributed by atoms with Crippen LogP contribution >= 0.6 is 23.4 Å². The third-order valence-electron chi connectivity index (χ3n) is 5.88. The molecule has 6 nitrogen and oxygen atoms in total. The summed E-state index contributed by atoms with van der Waals surface area (Å²) in [5.74, 6) is 1.59. The Bertz CT molecular complexity index is 923. The van der Waals surface area contributed by atoms with Gasteiger partial charge in [-0.15, -0.1) is 0 Å². The molecule has 1 saturated heterocycles. The second kappa shape index (κ2) is 7.44. The molecule has 2 aromatic rings. The van der Waals surface area contributed by atoms with Crippen LogP contribution in [0.25, 0.3) is 0 Å². The van der Waals surface area contributed by atoms with E-state index in [1.165, 1.54) is 49.4 Å². The van der Waals surface area contributed by atoms with E-state index in [9.17, 15) is 0 Å². The summed E-state index contributed by atoms with van der Waals surface area (Å²) in [6.45, 7) is 8.14. The Hall–Kier alpha value is -1.99. The van der Waals surface area contributed by atoms with Gasteiger partial charge in [0.05, 0.1) is 10.7 Å². The van der Waals surface area contributed by atoms with E-state index in [4.69, 9.17) is 28.1 Å². The Morgan fingerprint density at radius 1 is 1.18 bits per heavy atom. The number of anilines is 3. The maximum absolute atomic E-state index is 6.25. The fourth-order valence-corrected chi connectivity index (χ4v) is 5.36. The zero-order chi connectivity index (χ0) is 19.9. The van der Waals surface area contributed by atoms with E-state index in [2.05, 4.69) is 21.4 Å². The highest BCUT2D eigenvalue weighted by Crippen LogP contribution is 2.48. The van der Waals surface area contributed by atoms with Crippen LogP contribution in [0.4, 0.5) is 17.5 Å². The second-order valence-corrected chi connectivity index (χ2v) is 9.26. The summed E-state index contributed by atoms with van der Waals surface area (Å²) in [7, 11) is 0. The molecule has 8 heteroatoms. The molecule has 1 aliphatic carbocycles. The van der Waals surface area contributed by atoms with Crippen molar-refractivity contribution in [3.63, 3.8) is 0 Å². The maximum Gasteiger partial charge on any atom is 0.158 e. The molecule has 2 aliphatic rings. The fraction of sp³-hybridized carbons (Fsp3) is 0.450. The third kappa shape index (κ3) is 3.65. The zero-order valence-corrected chi connectivity index (χ0v) is 17.6. The number of hydrogen-bond donors (Lipinski definition) is 2. The van der Waals surface area contributed by atoms with Crippen molar-refractivity contribution >= 4 is 40.8 Å². The van der Waals surface area contributed by atoms with E-state index >= 15 is 0 Å². The summed E-state index contributed by atoms with van der Waals surface area (Å²) < 4.78 is 0. The van der Waals surface area contributed by atoms with E-state index in [0.717, 1.165) is 29.5 Å². The lowest BCUT2D eigenvalue weighted by molar-refractivity contribution is 0.230. The Balaban J connectivity index is 1.52. The average molecular weight is 417 g/mol. The van der Waals surface area contributed by atoms with E-state index in [-0.39, 0.29) is 0 Å². The van der Waals surface area contributed by atoms with Crippen molar-refractivity contribution in [3.05, 3.63) is 35.1 Å². The molecule has 2 aromatic heterocycles. The van der Waals surface area contributed by atoms with Crippen molar-refractivity contribution in [1.82, 2.24) is 15.0 Å². The average Bonchev–Trinajstić information content (AvgIpc) is 3.03. The van der Waals surface area contributed by atoms with Crippen LogP contribution < -0.4 is 16.4 Å². The quantitative estimate of drug-likeness (QED) is 0.712. The number of nitrogens with zero attached hydrogens (tertiary/aromatic N) is 4. The van der Waals surface area contributed by atoms with Crippen molar-refractivity contribution < 1.29 is 0 Å². The number of hydrogen-bond acceptors (Lipinski definition) is 7. The van der Waals surface area contributed by atoms with Gasteiger partial charge in [0, 0.05) is 24.2 Å². The summed E-state index contributed by atoms with van der Waals surface area (Å²) >= 11 is 7.61. The van der Waals surface area contributed by atoms with Crippen molar-refractivity contribution in [1.29, 1.82) is 0 Å². The number of aryl methyl sites for hydroxylation is 1. The van der Waals surface area contributed by atoms with E-state index in [0.29, 0.717) is 27.1 Å². The van der Waals surface area contributed by atoms with Crippen molar-refractivity contribution in [2.45, 2.75) is 48.9 Å². The summed E-state index contributed by atoms with van der Waals surface area (Å²) in [5.41, 5.74) is 14.8. The lowest BCUT2D eigenvalue weighted by Gasteiger charge is -2.40. The SMILES string of the molecule is C=C1CCC2(CCN(c3nc(N)c(Sc4ccnc(N)c4Cl)nc3C)CC2)C1. The molecule has 0 radical (unpaired) electrons. The van der Waals surface area contributed by atoms with Crippen LogP contribution in [-0.4, -0.2) is 28.0 Å². The molecule has 1 aliphatic heterocycles. The summed E-state index contributed by atoms with van der Waals surface area (Å²) in [5, 5.41) is 1.05. The van der Waals surface area contributed by atoms with Gasteiger partial charge in [0.25, 0.3) is 0 Å².